The van der Waals surface area contributed by atoms with E-state index in [0.29, 0.717) is 16.6 Å². The number of hydrogen-bond acceptors (Lipinski definition) is 5. The first kappa shape index (κ1) is 24.0. The van der Waals surface area contributed by atoms with Gasteiger partial charge in [-0.1, -0.05) is 29.3 Å². The fourth-order valence-electron chi connectivity index (χ4n) is 3.56. The van der Waals surface area contributed by atoms with Gasteiger partial charge in [-0.2, -0.15) is 0 Å². The Balaban J connectivity index is 1.57. The molecule has 34 heavy (non-hydrogen) atoms. The average molecular weight is 514 g/mol. The number of benzene rings is 3. The predicted octanol–water partition coefficient (Wildman–Crippen LogP) is 6.86. The van der Waals surface area contributed by atoms with Gasteiger partial charge in [0.05, 0.1) is 17.7 Å². The van der Waals surface area contributed by atoms with Gasteiger partial charge in [-0.05, 0) is 86.1 Å². The number of halogens is 2. The van der Waals surface area contributed by atoms with Gasteiger partial charge in [0.25, 0.3) is 5.91 Å². The highest BCUT2D eigenvalue weighted by Crippen LogP contribution is 2.33. The number of aryl methyl sites for hydroxylation is 2. The molecular weight excluding hydrogens is 493 g/mol. The molecule has 0 saturated heterocycles. The van der Waals surface area contributed by atoms with Gasteiger partial charge in [0, 0.05) is 16.3 Å². The molecule has 0 aliphatic heterocycles. The monoisotopic (exact) mass is 513 g/mol. The van der Waals surface area contributed by atoms with E-state index in [0.717, 1.165) is 33.4 Å². The van der Waals surface area contributed by atoms with Gasteiger partial charge in [0.2, 0.25) is 5.89 Å². The Kier molecular flexibility index (Phi) is 6.79. The van der Waals surface area contributed by atoms with Gasteiger partial charge >= 0.3 is 0 Å². The molecule has 0 spiro atoms. The Labute approximate surface area is 212 Å². The number of thiocarbonyl (C=S) groups is 1. The predicted molar refractivity (Wildman–Crippen MR) is 140 cm³/mol. The van der Waals surface area contributed by atoms with Gasteiger partial charge < -0.3 is 14.5 Å². The maximum Gasteiger partial charge on any atom is 0.261 e. The van der Waals surface area contributed by atoms with Crippen molar-refractivity contribution in [1.82, 2.24) is 10.3 Å². The highest BCUT2D eigenvalue weighted by atomic mass is 35.5. The molecule has 4 rings (SSSR count). The number of ether oxygens (including phenoxy) is 1. The van der Waals surface area contributed by atoms with Crippen LogP contribution in [0.5, 0.6) is 5.75 Å². The summed E-state index contributed by atoms with van der Waals surface area (Å²) in [6.07, 6.45) is 0. The zero-order valence-electron chi connectivity index (χ0n) is 18.9. The maximum atomic E-state index is 12.8. The molecule has 1 heterocycles. The lowest BCUT2D eigenvalue weighted by atomic mass is 10.1. The van der Waals surface area contributed by atoms with Gasteiger partial charge in [-0.25, -0.2) is 4.98 Å². The second-order valence-electron chi connectivity index (χ2n) is 7.78. The summed E-state index contributed by atoms with van der Waals surface area (Å²) in [4.78, 5) is 17.4. The topological polar surface area (TPSA) is 76.4 Å². The van der Waals surface area contributed by atoms with E-state index in [4.69, 9.17) is 44.6 Å². The molecule has 3 aromatic carbocycles. The molecule has 6 nitrogen and oxygen atoms in total. The van der Waals surface area contributed by atoms with Crippen LogP contribution in [0.15, 0.2) is 46.9 Å². The van der Waals surface area contributed by atoms with Crippen LogP contribution < -0.4 is 15.4 Å². The number of carbonyl (C=O) groups is 1. The molecular formula is C25H21Cl2N3O3S. The third-order valence-corrected chi connectivity index (χ3v) is 6.20. The summed E-state index contributed by atoms with van der Waals surface area (Å²) in [5.74, 6) is 0.220. The molecule has 0 radical (unpaired) electrons. The number of amides is 1. The van der Waals surface area contributed by atoms with E-state index in [1.54, 1.807) is 0 Å². The minimum Gasteiger partial charge on any atom is -0.494 e. The van der Waals surface area contributed by atoms with Crippen molar-refractivity contribution in [1.29, 1.82) is 0 Å². The number of nitrogens with one attached hydrogen (secondary N) is 2. The molecule has 0 bridgehead atoms. The van der Waals surface area contributed by atoms with Crippen molar-refractivity contribution in [2.45, 2.75) is 20.8 Å². The van der Waals surface area contributed by atoms with Crippen LogP contribution in [-0.2, 0) is 0 Å². The van der Waals surface area contributed by atoms with Crippen molar-refractivity contribution < 1.29 is 13.9 Å². The van der Waals surface area contributed by atoms with E-state index in [9.17, 15) is 4.79 Å². The summed E-state index contributed by atoms with van der Waals surface area (Å²) in [6, 6.07) is 12.6. The smallest absolute Gasteiger partial charge is 0.261 e. The molecule has 2 N–H and O–H groups in total. The maximum absolute atomic E-state index is 12.8. The summed E-state index contributed by atoms with van der Waals surface area (Å²) in [5.41, 5.74) is 6.37. The molecule has 0 aliphatic carbocycles. The molecule has 4 aromatic rings. The third kappa shape index (κ3) is 4.73. The SMILES string of the molecule is COc1c(Cl)cc(Cl)cc1C(=O)NC(=S)Nc1cccc(-c2nc3cc(C)c(C)cc3o2)c1C. The summed E-state index contributed by atoms with van der Waals surface area (Å²) in [5, 5.41) is 6.34. The average Bonchev–Trinajstić information content (AvgIpc) is 3.17. The highest BCUT2D eigenvalue weighted by Gasteiger charge is 2.19. The van der Waals surface area contributed by atoms with Crippen molar-refractivity contribution in [3.8, 4) is 17.2 Å². The van der Waals surface area contributed by atoms with Crippen LogP contribution in [0.4, 0.5) is 5.69 Å². The van der Waals surface area contributed by atoms with E-state index >= 15 is 0 Å². The number of nitrogens with zero attached hydrogens (tertiary/aromatic N) is 1. The highest BCUT2D eigenvalue weighted by molar-refractivity contribution is 7.80. The first-order valence-electron chi connectivity index (χ1n) is 10.3. The zero-order chi connectivity index (χ0) is 24.6. The molecule has 0 unspecified atom stereocenters. The number of oxazole rings is 1. The van der Waals surface area contributed by atoms with E-state index in [2.05, 4.69) is 15.6 Å². The molecule has 9 heteroatoms. The van der Waals surface area contributed by atoms with E-state index < -0.39 is 5.91 Å². The summed E-state index contributed by atoms with van der Waals surface area (Å²) < 4.78 is 11.3. The number of anilines is 1. The van der Waals surface area contributed by atoms with Crippen LogP contribution in [0.25, 0.3) is 22.6 Å². The minimum absolute atomic E-state index is 0.104. The molecule has 0 atom stereocenters. The second kappa shape index (κ2) is 9.62. The quantitative estimate of drug-likeness (QED) is 0.290. The van der Waals surface area contributed by atoms with Gasteiger partial charge in [0.1, 0.15) is 11.3 Å². The summed E-state index contributed by atoms with van der Waals surface area (Å²) in [7, 11) is 1.42. The van der Waals surface area contributed by atoms with E-state index in [1.807, 2.05) is 51.1 Å². The van der Waals surface area contributed by atoms with E-state index in [-0.39, 0.29) is 21.4 Å². The van der Waals surface area contributed by atoms with E-state index in [1.165, 1.54) is 19.2 Å². The second-order valence-corrected chi connectivity index (χ2v) is 9.03. The fourth-order valence-corrected chi connectivity index (χ4v) is 4.33. The van der Waals surface area contributed by atoms with Crippen molar-refractivity contribution >= 4 is 63.2 Å². The summed E-state index contributed by atoms with van der Waals surface area (Å²) in [6.45, 7) is 6.00. The molecule has 1 amide bonds. The number of carbonyl (C=O) groups excluding carboxylic acids is 1. The minimum atomic E-state index is -0.503. The number of hydrogen-bond donors (Lipinski definition) is 2. The molecule has 1 aromatic heterocycles. The third-order valence-electron chi connectivity index (χ3n) is 5.50. The van der Waals surface area contributed by atoms with Crippen molar-refractivity contribution in [3.63, 3.8) is 0 Å². The van der Waals surface area contributed by atoms with Gasteiger partial charge in [0.15, 0.2) is 10.7 Å². The van der Waals surface area contributed by atoms with Crippen molar-refractivity contribution in [2.75, 3.05) is 12.4 Å². The van der Waals surface area contributed by atoms with Gasteiger partial charge in [-0.3, -0.25) is 10.1 Å². The first-order valence-corrected chi connectivity index (χ1v) is 11.5. The van der Waals surface area contributed by atoms with Crippen LogP contribution in [0.1, 0.15) is 27.0 Å². The number of aromatic nitrogens is 1. The van der Waals surface area contributed by atoms with Gasteiger partial charge in [-0.15, -0.1) is 0 Å². The Hall–Kier alpha value is -3.13. The zero-order valence-corrected chi connectivity index (χ0v) is 21.2. The summed E-state index contributed by atoms with van der Waals surface area (Å²) >= 11 is 17.6. The van der Waals surface area contributed by atoms with Crippen LogP contribution in [-0.4, -0.2) is 23.1 Å². The Morgan fingerprint density at radius 3 is 2.56 bits per heavy atom. The van der Waals surface area contributed by atoms with Crippen LogP contribution in [0.3, 0.4) is 0 Å². The fraction of sp³-hybridized carbons (Fsp3) is 0.160. The Bertz CT molecular complexity index is 1410. The lowest BCUT2D eigenvalue weighted by molar-refractivity contribution is 0.0974. The largest absolute Gasteiger partial charge is 0.494 e. The van der Waals surface area contributed by atoms with Crippen LogP contribution >= 0.6 is 35.4 Å². The lowest BCUT2D eigenvalue weighted by Gasteiger charge is -2.15. The molecule has 0 fully saturated rings. The molecule has 174 valence electrons. The Morgan fingerprint density at radius 2 is 1.82 bits per heavy atom. The molecule has 0 aliphatic rings. The number of methoxy groups -OCH3 is 1. The lowest BCUT2D eigenvalue weighted by Crippen LogP contribution is -2.34. The first-order chi connectivity index (χ1) is 16.2. The Morgan fingerprint density at radius 1 is 1.09 bits per heavy atom. The molecule has 0 saturated carbocycles. The van der Waals surface area contributed by atoms with Crippen LogP contribution in [0.2, 0.25) is 10.0 Å². The van der Waals surface area contributed by atoms with Crippen LogP contribution in [0, 0.1) is 20.8 Å². The normalized spacial score (nSPS) is 10.9. The van der Waals surface area contributed by atoms with Crippen molar-refractivity contribution in [2.24, 2.45) is 0 Å². The van der Waals surface area contributed by atoms with Crippen molar-refractivity contribution in [3.05, 3.63) is 74.8 Å². The standard InChI is InChI=1S/C25H21Cl2N3O3S/c1-12-8-20-21(9-13(12)2)33-24(28-20)16-6-5-7-19(14(16)3)29-25(34)30-23(31)17-10-15(26)11-18(27)22(17)32-4/h5-11H,1-4H3,(H2,29,30,31,34). The number of fused-ring (bicyclic) bond motifs is 1. The number of rotatable bonds is 4.